The lowest BCUT2D eigenvalue weighted by Gasteiger charge is -2.03. The topological polar surface area (TPSA) is 42.1 Å². The molecule has 0 bridgehead atoms. The zero-order valence-corrected chi connectivity index (χ0v) is 9.82. The van der Waals surface area contributed by atoms with Gasteiger partial charge in [-0.1, -0.05) is 18.2 Å². The fourth-order valence-corrected chi connectivity index (χ4v) is 2.26. The Bertz CT molecular complexity index is 567. The molecule has 1 aliphatic rings. The first-order valence-corrected chi connectivity index (χ1v) is 6.09. The number of nitrogens with one attached hydrogen (secondary N) is 1. The van der Waals surface area contributed by atoms with Gasteiger partial charge in [0.05, 0.1) is 12.2 Å². The lowest BCUT2D eigenvalue weighted by Crippen LogP contribution is -2.06. The van der Waals surface area contributed by atoms with Crippen molar-refractivity contribution in [3.63, 3.8) is 0 Å². The number of hydrogen-bond acceptors (Lipinski definition) is 2. The number of hydrogen-bond donors (Lipinski definition) is 1. The average molecular weight is 229 g/mol. The first-order chi connectivity index (χ1) is 8.31. The molecule has 3 nitrogen and oxygen atoms in total. The molecule has 1 aliphatic carbocycles. The minimum absolute atomic E-state index is 0.202. The predicted molar refractivity (Wildman–Crippen MR) is 66.2 cm³/mol. The molecule has 1 saturated carbocycles. The van der Waals surface area contributed by atoms with E-state index in [1.165, 1.54) is 12.8 Å². The molecule has 2 aromatic rings. The summed E-state index contributed by atoms with van der Waals surface area (Å²) in [4.78, 5) is 15.4. The number of aromatic nitrogens is 1. The van der Waals surface area contributed by atoms with Crippen LogP contribution in [0.1, 0.15) is 41.7 Å². The molecule has 1 N–H and O–H groups in total. The Labute approximate surface area is 99.8 Å². The van der Waals surface area contributed by atoms with Gasteiger partial charge in [-0.25, -0.2) is 4.79 Å². The molecule has 88 valence electrons. The maximum absolute atomic E-state index is 12.0. The van der Waals surface area contributed by atoms with Crippen molar-refractivity contribution in [2.75, 3.05) is 6.61 Å². The van der Waals surface area contributed by atoms with E-state index < -0.39 is 0 Å². The first kappa shape index (κ1) is 10.4. The van der Waals surface area contributed by atoms with Gasteiger partial charge in [0.1, 0.15) is 0 Å². The van der Waals surface area contributed by atoms with Gasteiger partial charge in [0.25, 0.3) is 0 Å². The van der Waals surface area contributed by atoms with Gasteiger partial charge in [-0.05, 0) is 31.7 Å². The smallest absolute Gasteiger partial charge is 0.340 e. The van der Waals surface area contributed by atoms with Crippen molar-refractivity contribution < 1.29 is 9.53 Å². The van der Waals surface area contributed by atoms with Crippen LogP contribution in [0.2, 0.25) is 0 Å². The van der Waals surface area contributed by atoms with E-state index in [-0.39, 0.29) is 5.97 Å². The second kappa shape index (κ2) is 3.91. The lowest BCUT2D eigenvalue weighted by atomic mass is 10.1. The number of ether oxygens (including phenoxy) is 1. The minimum atomic E-state index is -0.202. The third-order valence-electron chi connectivity index (χ3n) is 3.20. The quantitative estimate of drug-likeness (QED) is 0.821. The summed E-state index contributed by atoms with van der Waals surface area (Å²) in [6.07, 6.45) is 2.33. The fraction of sp³-hybridized carbons (Fsp3) is 0.357. The van der Waals surface area contributed by atoms with Gasteiger partial charge >= 0.3 is 5.97 Å². The van der Waals surface area contributed by atoms with Gasteiger partial charge in [0, 0.05) is 16.6 Å². The summed E-state index contributed by atoms with van der Waals surface area (Å²) in [5, 5.41) is 0.979. The number of H-pyrrole nitrogens is 1. The summed E-state index contributed by atoms with van der Waals surface area (Å²) in [7, 11) is 0. The van der Waals surface area contributed by atoms with Gasteiger partial charge in [0.2, 0.25) is 0 Å². The Morgan fingerprint density at radius 2 is 2.18 bits per heavy atom. The third-order valence-corrected chi connectivity index (χ3v) is 3.20. The monoisotopic (exact) mass is 229 g/mol. The molecule has 0 saturated heterocycles. The maximum Gasteiger partial charge on any atom is 0.340 e. The molecule has 0 radical (unpaired) electrons. The zero-order chi connectivity index (χ0) is 11.8. The van der Waals surface area contributed by atoms with Crippen LogP contribution in [0.25, 0.3) is 10.9 Å². The molecule has 3 rings (SSSR count). The number of fused-ring (bicyclic) bond motifs is 1. The molecule has 0 atom stereocenters. The highest BCUT2D eigenvalue weighted by Crippen LogP contribution is 2.43. The first-order valence-electron chi connectivity index (χ1n) is 6.09. The summed E-state index contributed by atoms with van der Waals surface area (Å²) in [5.74, 6) is 0.314. The van der Waals surface area contributed by atoms with E-state index in [9.17, 15) is 4.79 Å². The van der Waals surface area contributed by atoms with E-state index in [1.54, 1.807) is 0 Å². The van der Waals surface area contributed by atoms with Gasteiger partial charge < -0.3 is 9.72 Å². The van der Waals surface area contributed by atoms with Crippen molar-refractivity contribution in [2.45, 2.75) is 25.7 Å². The molecule has 3 heteroatoms. The van der Waals surface area contributed by atoms with Crippen LogP contribution >= 0.6 is 0 Å². The van der Waals surface area contributed by atoms with E-state index in [1.807, 2.05) is 31.2 Å². The number of benzene rings is 1. The summed E-state index contributed by atoms with van der Waals surface area (Å²) in [6.45, 7) is 2.26. The summed E-state index contributed by atoms with van der Waals surface area (Å²) < 4.78 is 5.15. The Morgan fingerprint density at radius 3 is 2.88 bits per heavy atom. The Balaban J connectivity index is 2.17. The molecular weight excluding hydrogens is 214 g/mol. The number of esters is 1. The molecule has 17 heavy (non-hydrogen) atoms. The molecule has 0 spiro atoms. The molecule has 1 aromatic carbocycles. The Kier molecular flexibility index (Phi) is 2.39. The molecular formula is C14H15NO2. The Morgan fingerprint density at radius 1 is 1.41 bits per heavy atom. The standard InChI is InChI=1S/C14H15NO2/c1-2-17-14(16)12-10-5-3-4-6-11(10)15-13(12)9-7-8-9/h3-6,9,15H,2,7-8H2,1H3. The molecule has 0 unspecified atom stereocenters. The van der Waals surface area contributed by atoms with Gasteiger partial charge in [-0.2, -0.15) is 0 Å². The molecule has 1 fully saturated rings. The average Bonchev–Trinajstić information content (AvgIpc) is 3.09. The highest BCUT2D eigenvalue weighted by atomic mass is 16.5. The zero-order valence-electron chi connectivity index (χ0n) is 9.82. The molecule has 0 aliphatic heterocycles. The largest absolute Gasteiger partial charge is 0.462 e. The second-order valence-electron chi connectivity index (χ2n) is 4.45. The van der Waals surface area contributed by atoms with E-state index in [4.69, 9.17) is 4.74 Å². The summed E-state index contributed by atoms with van der Waals surface area (Å²) in [6, 6.07) is 7.91. The number of carbonyl (C=O) groups is 1. The minimum Gasteiger partial charge on any atom is -0.462 e. The van der Waals surface area contributed by atoms with Gasteiger partial charge in [0.15, 0.2) is 0 Å². The van der Waals surface area contributed by atoms with Crippen LogP contribution in [0.3, 0.4) is 0 Å². The SMILES string of the molecule is CCOC(=O)c1c(C2CC2)[nH]c2ccccc12. The van der Waals surface area contributed by atoms with E-state index in [0.717, 1.165) is 22.2 Å². The highest BCUT2D eigenvalue weighted by molar-refractivity contribution is 6.05. The van der Waals surface area contributed by atoms with Crippen molar-refractivity contribution >= 4 is 16.9 Å². The number of carbonyl (C=O) groups excluding carboxylic acids is 1. The number of aromatic amines is 1. The number of rotatable bonds is 3. The summed E-state index contributed by atoms with van der Waals surface area (Å²) >= 11 is 0. The van der Waals surface area contributed by atoms with Crippen LogP contribution in [0, 0.1) is 0 Å². The predicted octanol–water partition coefficient (Wildman–Crippen LogP) is 3.22. The molecule has 1 heterocycles. The van der Waals surface area contributed by atoms with Crippen molar-refractivity contribution in [3.8, 4) is 0 Å². The van der Waals surface area contributed by atoms with Crippen molar-refractivity contribution in [1.29, 1.82) is 0 Å². The molecule has 0 amide bonds. The van der Waals surface area contributed by atoms with Gasteiger partial charge in [-0.3, -0.25) is 0 Å². The Hall–Kier alpha value is -1.77. The van der Waals surface area contributed by atoms with Crippen molar-refractivity contribution in [3.05, 3.63) is 35.5 Å². The highest BCUT2D eigenvalue weighted by Gasteiger charge is 2.31. The van der Waals surface area contributed by atoms with E-state index in [2.05, 4.69) is 4.98 Å². The van der Waals surface area contributed by atoms with Crippen LogP contribution in [0.5, 0.6) is 0 Å². The van der Waals surface area contributed by atoms with Crippen LogP contribution < -0.4 is 0 Å². The van der Waals surface area contributed by atoms with Crippen molar-refractivity contribution in [1.82, 2.24) is 4.98 Å². The van der Waals surface area contributed by atoms with E-state index in [0.29, 0.717) is 12.5 Å². The van der Waals surface area contributed by atoms with Gasteiger partial charge in [-0.15, -0.1) is 0 Å². The van der Waals surface area contributed by atoms with Crippen LogP contribution in [0.4, 0.5) is 0 Å². The third kappa shape index (κ3) is 1.71. The van der Waals surface area contributed by atoms with Crippen LogP contribution in [-0.2, 0) is 4.74 Å². The van der Waals surface area contributed by atoms with Crippen LogP contribution in [0.15, 0.2) is 24.3 Å². The van der Waals surface area contributed by atoms with Crippen LogP contribution in [-0.4, -0.2) is 17.6 Å². The van der Waals surface area contributed by atoms with E-state index >= 15 is 0 Å². The van der Waals surface area contributed by atoms with Crippen molar-refractivity contribution in [2.24, 2.45) is 0 Å². The maximum atomic E-state index is 12.0. The fourth-order valence-electron chi connectivity index (χ4n) is 2.26. The number of para-hydroxylation sites is 1. The second-order valence-corrected chi connectivity index (χ2v) is 4.45. The lowest BCUT2D eigenvalue weighted by molar-refractivity contribution is 0.0527. The summed E-state index contributed by atoms with van der Waals surface area (Å²) in [5.41, 5.74) is 2.83. The molecule has 1 aromatic heterocycles. The normalized spacial score (nSPS) is 15.1.